The van der Waals surface area contributed by atoms with E-state index in [0.29, 0.717) is 32.7 Å². The van der Waals surface area contributed by atoms with Gasteiger partial charge in [0.25, 0.3) is 0 Å². The molecule has 1 aromatic carbocycles. The standard InChI is InChI=1S/C21H30N2O4/c1-21(2,3)13-19(24)23-9-4-6-16(23)20(25)22-14-15-7-8-17-18(12-15)27-11-5-10-26-17/h7-8,12,16H,4-6,9-11,13-14H2,1-3H3,(H,22,25). The molecular formula is C21H30N2O4. The summed E-state index contributed by atoms with van der Waals surface area (Å²) in [6, 6.07) is 5.38. The van der Waals surface area contributed by atoms with Gasteiger partial charge in [-0.25, -0.2) is 0 Å². The largest absolute Gasteiger partial charge is 0.490 e. The molecule has 1 aromatic rings. The number of carbonyl (C=O) groups excluding carboxylic acids is 2. The summed E-state index contributed by atoms with van der Waals surface area (Å²) in [7, 11) is 0. The minimum absolute atomic E-state index is 0.0655. The van der Waals surface area contributed by atoms with Crippen molar-refractivity contribution in [2.24, 2.45) is 5.41 Å². The van der Waals surface area contributed by atoms with Crippen LogP contribution >= 0.6 is 0 Å². The number of nitrogens with zero attached hydrogens (tertiary/aromatic N) is 1. The molecule has 6 heteroatoms. The van der Waals surface area contributed by atoms with Crippen molar-refractivity contribution < 1.29 is 19.1 Å². The molecule has 0 spiro atoms. The number of likely N-dealkylation sites (tertiary alicyclic amines) is 1. The highest BCUT2D eigenvalue weighted by molar-refractivity contribution is 5.88. The second-order valence-electron chi connectivity index (χ2n) is 8.53. The lowest BCUT2D eigenvalue weighted by atomic mass is 9.91. The Hall–Kier alpha value is -2.24. The van der Waals surface area contributed by atoms with Crippen LogP contribution in [0.3, 0.4) is 0 Å². The predicted octanol–water partition coefficient (Wildman–Crippen LogP) is 2.89. The van der Waals surface area contributed by atoms with Crippen molar-refractivity contribution in [3.8, 4) is 11.5 Å². The minimum Gasteiger partial charge on any atom is -0.490 e. The number of ether oxygens (including phenoxy) is 2. The average molecular weight is 374 g/mol. The van der Waals surface area contributed by atoms with Crippen LogP contribution in [0, 0.1) is 5.41 Å². The van der Waals surface area contributed by atoms with Crippen LogP contribution in [0.1, 0.15) is 52.0 Å². The zero-order valence-corrected chi connectivity index (χ0v) is 16.5. The maximum atomic E-state index is 12.7. The van der Waals surface area contributed by atoms with Gasteiger partial charge in [0.1, 0.15) is 6.04 Å². The lowest BCUT2D eigenvalue weighted by molar-refractivity contribution is -0.139. The van der Waals surface area contributed by atoms with Crippen LogP contribution in [0.5, 0.6) is 11.5 Å². The van der Waals surface area contributed by atoms with Crippen molar-refractivity contribution in [1.82, 2.24) is 10.2 Å². The number of carbonyl (C=O) groups is 2. The van der Waals surface area contributed by atoms with Gasteiger partial charge in [0.15, 0.2) is 11.5 Å². The summed E-state index contributed by atoms with van der Waals surface area (Å²) in [5, 5.41) is 2.98. The molecule has 0 aliphatic carbocycles. The van der Waals surface area contributed by atoms with Crippen LogP contribution in [0.25, 0.3) is 0 Å². The Morgan fingerprint density at radius 2 is 1.89 bits per heavy atom. The number of hydrogen-bond donors (Lipinski definition) is 1. The Morgan fingerprint density at radius 1 is 1.15 bits per heavy atom. The molecule has 0 saturated carbocycles. The summed E-state index contributed by atoms with van der Waals surface area (Å²) in [4.78, 5) is 27.0. The lowest BCUT2D eigenvalue weighted by Gasteiger charge is -2.27. The van der Waals surface area contributed by atoms with Gasteiger partial charge in [-0.1, -0.05) is 26.8 Å². The number of hydrogen-bond acceptors (Lipinski definition) is 4. The zero-order valence-electron chi connectivity index (χ0n) is 16.5. The van der Waals surface area contributed by atoms with Crippen LogP contribution in [-0.4, -0.2) is 42.5 Å². The molecule has 0 aromatic heterocycles. The van der Waals surface area contributed by atoms with Gasteiger partial charge in [0.2, 0.25) is 11.8 Å². The van der Waals surface area contributed by atoms with Crippen LogP contribution in [-0.2, 0) is 16.1 Å². The van der Waals surface area contributed by atoms with E-state index >= 15 is 0 Å². The summed E-state index contributed by atoms with van der Waals surface area (Å²) in [6.45, 7) is 8.49. The summed E-state index contributed by atoms with van der Waals surface area (Å²) in [5.41, 5.74) is 0.878. The SMILES string of the molecule is CC(C)(C)CC(=O)N1CCCC1C(=O)NCc1ccc2c(c1)OCCCO2. The van der Waals surface area contributed by atoms with Gasteiger partial charge in [-0.3, -0.25) is 9.59 Å². The first-order valence-corrected chi connectivity index (χ1v) is 9.79. The first-order chi connectivity index (χ1) is 12.8. The molecule has 1 atom stereocenters. The quantitative estimate of drug-likeness (QED) is 0.880. The zero-order chi connectivity index (χ0) is 19.4. The van der Waals surface area contributed by atoms with Crippen molar-refractivity contribution in [2.45, 2.75) is 59.0 Å². The predicted molar refractivity (Wildman–Crippen MR) is 103 cm³/mol. The van der Waals surface area contributed by atoms with E-state index in [0.717, 1.165) is 36.3 Å². The maximum Gasteiger partial charge on any atom is 0.243 e. The highest BCUT2D eigenvalue weighted by atomic mass is 16.5. The van der Waals surface area contributed by atoms with Crippen LogP contribution in [0.2, 0.25) is 0 Å². The third-order valence-electron chi connectivity index (χ3n) is 4.84. The van der Waals surface area contributed by atoms with Crippen molar-refractivity contribution >= 4 is 11.8 Å². The van der Waals surface area contributed by atoms with Crippen molar-refractivity contribution in [3.05, 3.63) is 23.8 Å². The molecule has 148 valence electrons. The Morgan fingerprint density at radius 3 is 2.63 bits per heavy atom. The van der Waals surface area contributed by atoms with E-state index in [4.69, 9.17) is 9.47 Å². The van der Waals surface area contributed by atoms with Crippen LogP contribution in [0.15, 0.2) is 18.2 Å². The molecule has 6 nitrogen and oxygen atoms in total. The molecule has 1 fully saturated rings. The third kappa shape index (κ3) is 5.15. The average Bonchev–Trinajstić information content (AvgIpc) is 2.98. The second-order valence-corrected chi connectivity index (χ2v) is 8.53. The first kappa shape index (κ1) is 19.5. The normalized spacial score (nSPS) is 19.5. The molecule has 2 heterocycles. The van der Waals surface area contributed by atoms with Crippen molar-refractivity contribution in [1.29, 1.82) is 0 Å². The lowest BCUT2D eigenvalue weighted by Crippen LogP contribution is -2.46. The van der Waals surface area contributed by atoms with Crippen LogP contribution in [0.4, 0.5) is 0 Å². The third-order valence-corrected chi connectivity index (χ3v) is 4.84. The summed E-state index contributed by atoms with van der Waals surface area (Å²) in [5.74, 6) is 1.46. The van der Waals surface area contributed by atoms with Crippen LogP contribution < -0.4 is 14.8 Å². The Kier molecular flexibility index (Phi) is 5.92. The number of rotatable bonds is 4. The fourth-order valence-electron chi connectivity index (χ4n) is 3.52. The smallest absolute Gasteiger partial charge is 0.243 e. The molecular weight excluding hydrogens is 344 g/mol. The molecule has 2 aliphatic heterocycles. The molecule has 1 N–H and O–H groups in total. The number of nitrogens with one attached hydrogen (secondary N) is 1. The van der Waals surface area contributed by atoms with E-state index in [1.165, 1.54) is 0 Å². The van der Waals surface area contributed by atoms with Gasteiger partial charge in [-0.15, -0.1) is 0 Å². The molecule has 2 amide bonds. The summed E-state index contributed by atoms with van der Waals surface area (Å²) in [6.07, 6.45) is 2.92. The molecule has 27 heavy (non-hydrogen) atoms. The molecule has 0 bridgehead atoms. The highest BCUT2D eigenvalue weighted by Crippen LogP contribution is 2.30. The van der Waals surface area contributed by atoms with E-state index in [1.807, 2.05) is 39.0 Å². The van der Waals surface area contributed by atoms with Gasteiger partial charge in [0.05, 0.1) is 13.2 Å². The summed E-state index contributed by atoms with van der Waals surface area (Å²) < 4.78 is 11.3. The van der Waals surface area contributed by atoms with Crippen molar-refractivity contribution in [2.75, 3.05) is 19.8 Å². The topological polar surface area (TPSA) is 67.9 Å². The van der Waals surface area contributed by atoms with E-state index in [-0.39, 0.29) is 23.3 Å². The fraction of sp³-hybridized carbons (Fsp3) is 0.619. The fourth-order valence-corrected chi connectivity index (χ4v) is 3.52. The van der Waals surface area contributed by atoms with Gasteiger partial charge < -0.3 is 19.7 Å². The first-order valence-electron chi connectivity index (χ1n) is 9.79. The maximum absolute atomic E-state index is 12.7. The van der Waals surface area contributed by atoms with E-state index in [2.05, 4.69) is 5.32 Å². The van der Waals surface area contributed by atoms with Gasteiger partial charge in [-0.2, -0.15) is 0 Å². The Bertz CT molecular complexity index is 696. The van der Waals surface area contributed by atoms with Crippen molar-refractivity contribution in [3.63, 3.8) is 0 Å². The van der Waals surface area contributed by atoms with Gasteiger partial charge in [-0.05, 0) is 36.0 Å². The Labute approximate surface area is 161 Å². The highest BCUT2D eigenvalue weighted by Gasteiger charge is 2.35. The number of amides is 2. The van der Waals surface area contributed by atoms with Gasteiger partial charge >= 0.3 is 0 Å². The van der Waals surface area contributed by atoms with E-state index < -0.39 is 0 Å². The monoisotopic (exact) mass is 374 g/mol. The molecule has 1 unspecified atom stereocenters. The minimum atomic E-state index is -0.361. The second kappa shape index (κ2) is 8.19. The van der Waals surface area contributed by atoms with Gasteiger partial charge in [0, 0.05) is 25.9 Å². The Balaban J connectivity index is 1.58. The van der Waals surface area contributed by atoms with E-state index in [1.54, 1.807) is 4.90 Å². The molecule has 2 aliphatic rings. The van der Waals surface area contributed by atoms with E-state index in [9.17, 15) is 9.59 Å². The molecule has 1 saturated heterocycles. The molecule has 3 rings (SSSR count). The number of benzene rings is 1. The molecule has 0 radical (unpaired) electrons. The number of fused-ring (bicyclic) bond motifs is 1. The summed E-state index contributed by atoms with van der Waals surface area (Å²) >= 11 is 0.